The van der Waals surface area contributed by atoms with Crippen molar-refractivity contribution in [3.05, 3.63) is 101 Å². The second-order valence-corrected chi connectivity index (χ2v) is 8.44. The Hall–Kier alpha value is -1.94. The van der Waals surface area contributed by atoms with E-state index in [9.17, 15) is 0 Å². The molecule has 0 aliphatic carbocycles. The second kappa shape index (κ2) is 8.39. The van der Waals surface area contributed by atoms with E-state index in [1.807, 2.05) is 42.6 Å². The van der Waals surface area contributed by atoms with Gasteiger partial charge in [-0.15, -0.1) is 11.8 Å². The highest BCUT2D eigenvalue weighted by Crippen LogP contribution is 2.36. The van der Waals surface area contributed by atoms with Gasteiger partial charge >= 0.3 is 0 Å². The zero-order valence-electron chi connectivity index (χ0n) is 14.6. The number of hydrogen-bond donors (Lipinski definition) is 0. The first-order chi connectivity index (χ1) is 13.2. The van der Waals surface area contributed by atoms with Crippen LogP contribution in [0.25, 0.3) is 10.8 Å². The Kier molecular flexibility index (Phi) is 5.72. The fourth-order valence-corrected chi connectivity index (χ4v) is 4.88. The minimum atomic E-state index is 0.288. The summed E-state index contributed by atoms with van der Waals surface area (Å²) in [6.07, 6.45) is 5.69. The molecule has 0 radical (unpaired) electrons. The molecule has 1 aromatic heterocycles. The Labute approximate surface area is 173 Å². The molecule has 0 fully saturated rings. The van der Waals surface area contributed by atoms with Gasteiger partial charge in [0, 0.05) is 40.0 Å². The molecule has 3 aromatic carbocycles. The van der Waals surface area contributed by atoms with E-state index in [4.69, 9.17) is 23.2 Å². The van der Waals surface area contributed by atoms with Crippen LogP contribution in [0.5, 0.6) is 0 Å². The van der Waals surface area contributed by atoms with Gasteiger partial charge in [0.2, 0.25) is 0 Å². The number of imidazole rings is 1. The molecular formula is C22H18Cl2N2S. The van der Waals surface area contributed by atoms with Gasteiger partial charge in [0.25, 0.3) is 0 Å². The van der Waals surface area contributed by atoms with Gasteiger partial charge in [-0.25, -0.2) is 4.98 Å². The summed E-state index contributed by atoms with van der Waals surface area (Å²) in [5.74, 6) is 0.822. The van der Waals surface area contributed by atoms with Crippen molar-refractivity contribution in [3.8, 4) is 0 Å². The van der Waals surface area contributed by atoms with Gasteiger partial charge in [0.15, 0.2) is 0 Å². The zero-order chi connectivity index (χ0) is 18.6. The average molecular weight is 413 g/mol. The van der Waals surface area contributed by atoms with E-state index in [1.54, 1.807) is 6.07 Å². The summed E-state index contributed by atoms with van der Waals surface area (Å²) in [5, 5.41) is 4.19. The number of halogens is 2. The van der Waals surface area contributed by atoms with Crippen molar-refractivity contribution < 1.29 is 0 Å². The SMILES string of the molecule is Clc1ccc(CSC(Cn2ccnc2)c2ccc3ccccc3c2)c(Cl)c1. The average Bonchev–Trinajstić information content (AvgIpc) is 3.19. The van der Waals surface area contributed by atoms with E-state index in [2.05, 4.69) is 52.0 Å². The van der Waals surface area contributed by atoms with Crippen LogP contribution in [0.1, 0.15) is 16.4 Å². The summed E-state index contributed by atoms with van der Waals surface area (Å²) in [6, 6.07) is 20.9. The van der Waals surface area contributed by atoms with Crippen LogP contribution in [0.15, 0.2) is 79.4 Å². The van der Waals surface area contributed by atoms with Crippen molar-refractivity contribution >= 4 is 45.7 Å². The third-order valence-electron chi connectivity index (χ3n) is 4.54. The lowest BCUT2D eigenvalue weighted by molar-refractivity contribution is 0.683. The lowest BCUT2D eigenvalue weighted by atomic mass is 10.0. The van der Waals surface area contributed by atoms with Gasteiger partial charge in [0.05, 0.1) is 6.33 Å². The van der Waals surface area contributed by atoms with Gasteiger partial charge in [-0.3, -0.25) is 0 Å². The van der Waals surface area contributed by atoms with Crippen LogP contribution in [0.3, 0.4) is 0 Å². The van der Waals surface area contributed by atoms with Crippen LogP contribution >= 0.6 is 35.0 Å². The summed E-state index contributed by atoms with van der Waals surface area (Å²) >= 11 is 14.3. The Morgan fingerprint density at radius 1 is 0.963 bits per heavy atom. The first-order valence-corrected chi connectivity index (χ1v) is 10.5. The summed E-state index contributed by atoms with van der Waals surface area (Å²) in [7, 11) is 0. The van der Waals surface area contributed by atoms with Crippen LogP contribution in [0.4, 0.5) is 0 Å². The molecule has 0 bridgehead atoms. The number of benzene rings is 3. The molecule has 2 nitrogen and oxygen atoms in total. The van der Waals surface area contributed by atoms with Gasteiger partial charge in [-0.1, -0.05) is 65.7 Å². The predicted molar refractivity (Wildman–Crippen MR) is 117 cm³/mol. The topological polar surface area (TPSA) is 17.8 Å². The number of rotatable bonds is 6. The van der Waals surface area contributed by atoms with E-state index in [1.165, 1.54) is 16.3 Å². The molecule has 1 unspecified atom stereocenters. The molecule has 1 heterocycles. The van der Waals surface area contributed by atoms with Crippen LogP contribution in [0, 0.1) is 0 Å². The van der Waals surface area contributed by atoms with Crippen molar-refractivity contribution in [1.29, 1.82) is 0 Å². The standard InChI is InChI=1S/C22H18Cl2N2S/c23-20-8-7-19(21(24)12-20)14-27-22(13-26-10-9-25-15-26)18-6-5-16-3-1-2-4-17(16)11-18/h1-12,15,22H,13-14H2. The molecule has 0 amide bonds. The maximum atomic E-state index is 6.37. The minimum Gasteiger partial charge on any atom is -0.336 e. The molecular weight excluding hydrogens is 395 g/mol. The monoisotopic (exact) mass is 412 g/mol. The lowest BCUT2D eigenvalue weighted by Gasteiger charge is -2.19. The summed E-state index contributed by atoms with van der Waals surface area (Å²) in [4.78, 5) is 4.18. The highest BCUT2D eigenvalue weighted by molar-refractivity contribution is 7.98. The second-order valence-electron chi connectivity index (χ2n) is 6.40. The first-order valence-electron chi connectivity index (χ1n) is 8.69. The molecule has 0 spiro atoms. The molecule has 0 aliphatic rings. The van der Waals surface area contributed by atoms with Crippen molar-refractivity contribution in [1.82, 2.24) is 9.55 Å². The maximum Gasteiger partial charge on any atom is 0.0946 e. The van der Waals surface area contributed by atoms with Gasteiger partial charge in [0.1, 0.15) is 0 Å². The largest absolute Gasteiger partial charge is 0.336 e. The van der Waals surface area contributed by atoms with Crippen LogP contribution < -0.4 is 0 Å². The highest BCUT2D eigenvalue weighted by Gasteiger charge is 2.15. The van der Waals surface area contributed by atoms with Crippen molar-refractivity contribution in [2.24, 2.45) is 0 Å². The number of fused-ring (bicyclic) bond motifs is 1. The molecule has 136 valence electrons. The lowest BCUT2D eigenvalue weighted by Crippen LogP contribution is -2.05. The highest BCUT2D eigenvalue weighted by atomic mass is 35.5. The van der Waals surface area contributed by atoms with E-state index >= 15 is 0 Å². The van der Waals surface area contributed by atoms with Gasteiger partial charge in [-0.2, -0.15) is 0 Å². The number of hydrogen-bond acceptors (Lipinski definition) is 2. The Morgan fingerprint density at radius 2 is 1.81 bits per heavy atom. The van der Waals surface area contributed by atoms with Crippen LogP contribution in [0.2, 0.25) is 10.0 Å². The zero-order valence-corrected chi connectivity index (χ0v) is 16.9. The minimum absolute atomic E-state index is 0.288. The quantitative estimate of drug-likeness (QED) is 0.338. The molecule has 0 saturated carbocycles. The molecule has 5 heteroatoms. The summed E-state index contributed by atoms with van der Waals surface area (Å²) in [5.41, 5.74) is 2.40. The van der Waals surface area contributed by atoms with E-state index in [-0.39, 0.29) is 5.25 Å². The van der Waals surface area contributed by atoms with Crippen molar-refractivity contribution in [2.75, 3.05) is 0 Å². The molecule has 0 N–H and O–H groups in total. The first kappa shape index (κ1) is 18.4. The number of thioether (sulfide) groups is 1. The fourth-order valence-electron chi connectivity index (χ4n) is 3.08. The molecule has 27 heavy (non-hydrogen) atoms. The van der Waals surface area contributed by atoms with Crippen molar-refractivity contribution in [2.45, 2.75) is 17.5 Å². The fraction of sp³-hybridized carbons (Fsp3) is 0.136. The normalized spacial score (nSPS) is 12.4. The van der Waals surface area contributed by atoms with Crippen LogP contribution in [-0.4, -0.2) is 9.55 Å². The smallest absolute Gasteiger partial charge is 0.0946 e. The molecule has 0 aliphatic heterocycles. The summed E-state index contributed by atoms with van der Waals surface area (Å²) in [6.45, 7) is 0.855. The molecule has 4 rings (SSSR count). The predicted octanol–water partition coefficient (Wildman–Crippen LogP) is 7.02. The Morgan fingerprint density at radius 3 is 2.59 bits per heavy atom. The van der Waals surface area contributed by atoms with E-state index in [0.29, 0.717) is 5.02 Å². The van der Waals surface area contributed by atoms with Crippen LogP contribution in [-0.2, 0) is 12.3 Å². The number of aromatic nitrogens is 2. The van der Waals surface area contributed by atoms with Gasteiger partial charge in [-0.05, 0) is 40.1 Å². The Bertz CT molecular complexity index is 1050. The molecule has 4 aromatic rings. The third kappa shape index (κ3) is 4.49. The van der Waals surface area contributed by atoms with Gasteiger partial charge < -0.3 is 4.57 Å². The van der Waals surface area contributed by atoms with E-state index < -0.39 is 0 Å². The summed E-state index contributed by atoms with van der Waals surface area (Å²) < 4.78 is 2.12. The molecule has 1 atom stereocenters. The Balaban J connectivity index is 1.61. The third-order valence-corrected chi connectivity index (χ3v) is 6.42. The van der Waals surface area contributed by atoms with Crippen molar-refractivity contribution in [3.63, 3.8) is 0 Å². The molecule has 0 saturated heterocycles. The maximum absolute atomic E-state index is 6.37. The number of nitrogens with zero attached hydrogens (tertiary/aromatic N) is 2. The van der Waals surface area contributed by atoms with E-state index in [0.717, 1.165) is 22.9 Å².